The second kappa shape index (κ2) is 5.72. The zero-order chi connectivity index (χ0) is 15.1. The molecule has 2 aromatic rings. The molecule has 3 aliphatic heterocycles. The fraction of sp³-hybridized carbons (Fsp3) is 0.529. The van der Waals surface area contributed by atoms with E-state index in [1.165, 1.54) is 17.0 Å². The van der Waals surface area contributed by atoms with Gasteiger partial charge in [0.2, 0.25) is 0 Å². The molecule has 3 aliphatic rings. The van der Waals surface area contributed by atoms with Crippen molar-refractivity contribution in [3.05, 3.63) is 35.1 Å². The predicted molar refractivity (Wildman–Crippen MR) is 88.0 cm³/mol. The van der Waals surface area contributed by atoms with Gasteiger partial charge in [-0.3, -0.25) is 4.90 Å². The second-order valence-corrected chi connectivity index (χ2v) is 7.37. The van der Waals surface area contributed by atoms with Gasteiger partial charge in [0, 0.05) is 24.2 Å². The summed E-state index contributed by atoms with van der Waals surface area (Å²) in [6, 6.07) is 6.72. The maximum absolute atomic E-state index is 9.52. The van der Waals surface area contributed by atoms with Gasteiger partial charge in [0.25, 0.3) is 0 Å². The Bertz CT molecular complexity index is 658. The third-order valence-corrected chi connectivity index (χ3v) is 5.99. The molecule has 5 heterocycles. The van der Waals surface area contributed by atoms with Gasteiger partial charge in [-0.05, 0) is 49.7 Å². The number of hydrogen-bond donors (Lipinski definition) is 1. The van der Waals surface area contributed by atoms with Gasteiger partial charge in [0.1, 0.15) is 5.82 Å². The van der Waals surface area contributed by atoms with Crippen LogP contribution in [0.2, 0.25) is 0 Å². The number of aliphatic hydroxyl groups excluding tert-OH is 1. The third kappa shape index (κ3) is 2.47. The standard InChI is InChI=1S/C17H21N3OS/c1-11-18-15(8-16(19-11)17-3-2-6-22-17)14-9-20-5-4-12(14)7-13(20)10-21/h2-3,6,8,12-14,21H,4-5,7,9-10H2,1H3. The van der Waals surface area contributed by atoms with Crippen molar-refractivity contribution < 1.29 is 5.11 Å². The number of hydrogen-bond acceptors (Lipinski definition) is 5. The normalized spacial score (nSPS) is 30.6. The lowest BCUT2D eigenvalue weighted by Crippen LogP contribution is -2.53. The van der Waals surface area contributed by atoms with Gasteiger partial charge >= 0.3 is 0 Å². The summed E-state index contributed by atoms with van der Waals surface area (Å²) in [5.41, 5.74) is 2.23. The van der Waals surface area contributed by atoms with Crippen molar-refractivity contribution in [3.63, 3.8) is 0 Å². The third-order valence-electron chi connectivity index (χ3n) is 5.10. The molecule has 1 N–H and O–H groups in total. The summed E-state index contributed by atoms with van der Waals surface area (Å²) in [6.45, 7) is 4.41. The van der Waals surface area contributed by atoms with Gasteiger partial charge in [0.15, 0.2) is 0 Å². The monoisotopic (exact) mass is 315 g/mol. The Balaban J connectivity index is 1.66. The van der Waals surface area contributed by atoms with Crippen LogP contribution in [0.5, 0.6) is 0 Å². The molecule has 0 radical (unpaired) electrons. The minimum atomic E-state index is 0.284. The Morgan fingerprint density at radius 1 is 1.41 bits per heavy atom. The van der Waals surface area contributed by atoms with Crippen LogP contribution in [0.25, 0.3) is 10.6 Å². The van der Waals surface area contributed by atoms with Crippen LogP contribution in [0.1, 0.15) is 30.3 Å². The Labute approximate surface area is 134 Å². The summed E-state index contributed by atoms with van der Waals surface area (Å²) in [4.78, 5) is 13.0. The molecular formula is C17H21N3OS. The quantitative estimate of drug-likeness (QED) is 0.946. The largest absolute Gasteiger partial charge is 0.395 e. The van der Waals surface area contributed by atoms with Crippen LogP contribution in [0.15, 0.2) is 23.6 Å². The molecule has 116 valence electrons. The number of aromatic nitrogens is 2. The molecule has 0 amide bonds. The van der Waals surface area contributed by atoms with E-state index < -0.39 is 0 Å². The minimum absolute atomic E-state index is 0.284. The lowest BCUT2D eigenvalue weighted by molar-refractivity contribution is 0.00182. The summed E-state index contributed by atoms with van der Waals surface area (Å²) in [6.07, 6.45) is 2.32. The van der Waals surface area contributed by atoms with Crippen LogP contribution in [-0.4, -0.2) is 45.7 Å². The molecule has 0 aliphatic carbocycles. The van der Waals surface area contributed by atoms with Crippen molar-refractivity contribution in [2.75, 3.05) is 19.7 Å². The van der Waals surface area contributed by atoms with Crippen molar-refractivity contribution in [3.8, 4) is 10.6 Å². The maximum atomic E-state index is 9.52. The number of rotatable bonds is 3. The van der Waals surface area contributed by atoms with Gasteiger partial charge < -0.3 is 5.11 Å². The van der Waals surface area contributed by atoms with E-state index in [2.05, 4.69) is 33.5 Å². The average molecular weight is 315 g/mol. The highest BCUT2D eigenvalue weighted by atomic mass is 32.1. The van der Waals surface area contributed by atoms with E-state index in [0.29, 0.717) is 17.9 Å². The lowest BCUT2D eigenvalue weighted by atomic mass is 9.74. The molecule has 0 saturated carbocycles. The highest BCUT2D eigenvalue weighted by Gasteiger charge is 2.41. The van der Waals surface area contributed by atoms with Crippen LogP contribution in [0, 0.1) is 12.8 Å². The van der Waals surface area contributed by atoms with Crippen molar-refractivity contribution in [1.29, 1.82) is 0 Å². The summed E-state index contributed by atoms with van der Waals surface area (Å²) in [5, 5.41) is 11.6. The zero-order valence-electron chi connectivity index (χ0n) is 12.8. The molecule has 3 saturated heterocycles. The predicted octanol–water partition coefficient (Wildman–Crippen LogP) is 2.68. The Morgan fingerprint density at radius 3 is 3.00 bits per heavy atom. The van der Waals surface area contributed by atoms with Gasteiger partial charge in [-0.1, -0.05) is 6.07 Å². The van der Waals surface area contributed by atoms with Crippen molar-refractivity contribution >= 4 is 11.3 Å². The topological polar surface area (TPSA) is 49.2 Å². The van der Waals surface area contributed by atoms with E-state index >= 15 is 0 Å². The summed E-state index contributed by atoms with van der Waals surface area (Å²) in [7, 11) is 0. The molecule has 2 aromatic heterocycles. The average Bonchev–Trinajstić information content (AvgIpc) is 3.09. The van der Waals surface area contributed by atoms with E-state index in [1.54, 1.807) is 11.3 Å². The number of nitrogens with zero attached hydrogens (tertiary/aromatic N) is 3. The maximum Gasteiger partial charge on any atom is 0.126 e. The first-order valence-corrected chi connectivity index (χ1v) is 8.87. The first-order chi connectivity index (χ1) is 10.7. The molecule has 5 rings (SSSR count). The summed E-state index contributed by atoms with van der Waals surface area (Å²) < 4.78 is 0. The smallest absolute Gasteiger partial charge is 0.126 e. The highest BCUT2D eigenvalue weighted by Crippen LogP contribution is 2.41. The number of fused-ring (bicyclic) bond motifs is 3. The SMILES string of the molecule is Cc1nc(-c2cccs2)cc(C2CN3CCC2CC3CO)n1. The van der Waals surface area contributed by atoms with Crippen LogP contribution >= 0.6 is 11.3 Å². The molecule has 3 fully saturated rings. The lowest BCUT2D eigenvalue weighted by Gasteiger charge is -2.49. The van der Waals surface area contributed by atoms with E-state index in [-0.39, 0.29) is 6.61 Å². The van der Waals surface area contributed by atoms with Crippen molar-refractivity contribution in [2.45, 2.75) is 31.7 Å². The number of piperidine rings is 3. The first kappa shape index (κ1) is 14.3. The van der Waals surface area contributed by atoms with Gasteiger partial charge in [0.05, 0.1) is 17.2 Å². The molecule has 2 bridgehead atoms. The van der Waals surface area contributed by atoms with Crippen molar-refractivity contribution in [2.24, 2.45) is 5.92 Å². The van der Waals surface area contributed by atoms with E-state index in [4.69, 9.17) is 4.98 Å². The molecule has 22 heavy (non-hydrogen) atoms. The summed E-state index contributed by atoms with van der Waals surface area (Å²) >= 11 is 1.73. The van der Waals surface area contributed by atoms with Gasteiger partial charge in [-0.25, -0.2) is 9.97 Å². The molecular weight excluding hydrogens is 294 g/mol. The van der Waals surface area contributed by atoms with Crippen molar-refractivity contribution in [1.82, 2.24) is 14.9 Å². The van der Waals surface area contributed by atoms with E-state index in [9.17, 15) is 5.11 Å². The van der Waals surface area contributed by atoms with E-state index in [1.807, 2.05) is 6.92 Å². The number of aryl methyl sites for hydroxylation is 1. The Morgan fingerprint density at radius 2 is 2.32 bits per heavy atom. The van der Waals surface area contributed by atoms with Crippen LogP contribution in [-0.2, 0) is 0 Å². The highest BCUT2D eigenvalue weighted by molar-refractivity contribution is 7.13. The molecule has 4 atom stereocenters. The summed E-state index contributed by atoms with van der Waals surface area (Å²) in [5.74, 6) is 1.99. The van der Waals surface area contributed by atoms with E-state index in [0.717, 1.165) is 31.0 Å². The molecule has 0 spiro atoms. The molecule has 4 nitrogen and oxygen atoms in total. The number of thiophene rings is 1. The molecule has 4 unspecified atom stereocenters. The van der Waals surface area contributed by atoms with Gasteiger partial charge in [-0.15, -0.1) is 11.3 Å². The van der Waals surface area contributed by atoms with Crippen LogP contribution in [0.4, 0.5) is 0 Å². The Kier molecular flexibility index (Phi) is 3.72. The molecule has 0 aromatic carbocycles. The van der Waals surface area contributed by atoms with Crippen LogP contribution in [0.3, 0.4) is 0 Å². The fourth-order valence-electron chi connectivity index (χ4n) is 3.99. The molecule has 5 heteroatoms. The van der Waals surface area contributed by atoms with Crippen LogP contribution < -0.4 is 0 Å². The Hall–Kier alpha value is -1.30. The minimum Gasteiger partial charge on any atom is -0.395 e. The number of aliphatic hydroxyl groups is 1. The zero-order valence-corrected chi connectivity index (χ0v) is 13.6. The second-order valence-electron chi connectivity index (χ2n) is 6.42. The first-order valence-electron chi connectivity index (χ1n) is 7.99. The van der Waals surface area contributed by atoms with Gasteiger partial charge in [-0.2, -0.15) is 0 Å². The fourth-order valence-corrected chi connectivity index (χ4v) is 4.68.